The van der Waals surface area contributed by atoms with Gasteiger partial charge in [0.05, 0.1) is 18.0 Å². The van der Waals surface area contributed by atoms with Gasteiger partial charge in [-0.1, -0.05) is 48.5 Å². The number of hydrogen-bond acceptors (Lipinski definition) is 3. The van der Waals surface area contributed by atoms with Gasteiger partial charge in [-0.05, 0) is 43.1 Å². The molecule has 0 saturated heterocycles. The van der Waals surface area contributed by atoms with Crippen molar-refractivity contribution in [1.29, 1.82) is 0 Å². The molecule has 0 spiro atoms. The molecule has 0 bridgehead atoms. The van der Waals surface area contributed by atoms with E-state index in [4.69, 9.17) is 4.99 Å². The molecule has 0 unspecified atom stereocenters. The number of aliphatic imine (C=N–C) groups is 1. The van der Waals surface area contributed by atoms with Gasteiger partial charge >= 0.3 is 0 Å². The summed E-state index contributed by atoms with van der Waals surface area (Å²) in [6.07, 6.45) is 0. The maximum Gasteiger partial charge on any atom is 0.278 e. The molecule has 0 saturated carbocycles. The fraction of sp³-hybridized carbons (Fsp3) is 0.143. The van der Waals surface area contributed by atoms with Gasteiger partial charge in [0.2, 0.25) is 0 Å². The van der Waals surface area contributed by atoms with E-state index in [2.05, 4.69) is 12.1 Å². The van der Waals surface area contributed by atoms with E-state index in [1.165, 1.54) is 5.39 Å². The van der Waals surface area contributed by atoms with Crippen LogP contribution in [0.25, 0.3) is 10.8 Å². The van der Waals surface area contributed by atoms with Crippen molar-refractivity contribution in [2.75, 3.05) is 25.7 Å². The fourth-order valence-electron chi connectivity index (χ4n) is 3.17. The number of rotatable bonds is 3. The molecule has 1 heterocycles. The maximum atomic E-state index is 12.9. The van der Waals surface area contributed by atoms with Gasteiger partial charge in [-0.15, -0.1) is 0 Å². The van der Waals surface area contributed by atoms with Gasteiger partial charge in [-0.3, -0.25) is 14.6 Å². The molecule has 0 fully saturated rings. The highest BCUT2D eigenvalue weighted by molar-refractivity contribution is 6.54. The quantitative estimate of drug-likeness (QED) is 0.732. The van der Waals surface area contributed by atoms with Crippen LogP contribution >= 0.6 is 0 Å². The van der Waals surface area contributed by atoms with Crippen LogP contribution in [0.15, 0.2) is 71.7 Å². The van der Waals surface area contributed by atoms with Crippen molar-refractivity contribution in [2.45, 2.75) is 0 Å². The van der Waals surface area contributed by atoms with Crippen LogP contribution in [0.5, 0.6) is 0 Å². The Hall–Kier alpha value is -2.98. The molecule has 4 nitrogen and oxygen atoms in total. The minimum absolute atomic E-state index is 0.0527. The molecule has 124 valence electrons. The van der Waals surface area contributed by atoms with Crippen LogP contribution in [0.2, 0.25) is 0 Å². The van der Waals surface area contributed by atoms with Gasteiger partial charge < -0.3 is 0 Å². The summed E-state index contributed by atoms with van der Waals surface area (Å²) in [6, 6.07) is 22.0. The molecule has 3 aromatic carbocycles. The van der Waals surface area contributed by atoms with Crippen LogP contribution in [0.3, 0.4) is 0 Å². The van der Waals surface area contributed by atoms with Crippen molar-refractivity contribution in [3.05, 3.63) is 72.3 Å². The molecule has 4 heteroatoms. The second-order valence-electron chi connectivity index (χ2n) is 6.46. The Morgan fingerprint density at radius 1 is 0.920 bits per heavy atom. The van der Waals surface area contributed by atoms with E-state index < -0.39 is 0 Å². The number of para-hydroxylation sites is 1. The van der Waals surface area contributed by atoms with Crippen molar-refractivity contribution >= 4 is 33.8 Å². The van der Waals surface area contributed by atoms with Crippen LogP contribution in [0.4, 0.5) is 11.4 Å². The van der Waals surface area contributed by atoms with Crippen molar-refractivity contribution in [3.8, 4) is 0 Å². The van der Waals surface area contributed by atoms with Crippen LogP contribution in [0, 0.1) is 0 Å². The van der Waals surface area contributed by atoms with Gasteiger partial charge in [0.15, 0.2) is 0 Å². The van der Waals surface area contributed by atoms with Crippen molar-refractivity contribution in [3.63, 3.8) is 0 Å². The van der Waals surface area contributed by atoms with Crippen LogP contribution in [-0.4, -0.2) is 37.3 Å². The minimum Gasteiger partial charge on any atom is -0.293 e. The number of hydrogen-bond donors (Lipinski definition) is 0. The Balaban J connectivity index is 1.80. The standard InChI is InChI=1S/C21H19N3O/c1-23(2)14-24-19-10-6-5-9-18(19)20(21(24)25)22-17-12-11-15-7-3-4-8-16(15)13-17/h3-13H,14H2,1-2H3. The first-order valence-corrected chi connectivity index (χ1v) is 8.27. The lowest BCUT2D eigenvalue weighted by Crippen LogP contribution is -2.37. The lowest BCUT2D eigenvalue weighted by atomic mass is 10.1. The molecular weight excluding hydrogens is 310 g/mol. The first-order valence-electron chi connectivity index (χ1n) is 8.27. The second-order valence-corrected chi connectivity index (χ2v) is 6.46. The Labute approximate surface area is 147 Å². The van der Waals surface area contributed by atoms with E-state index in [1.54, 1.807) is 4.90 Å². The van der Waals surface area contributed by atoms with Crippen molar-refractivity contribution in [2.24, 2.45) is 4.99 Å². The molecule has 25 heavy (non-hydrogen) atoms. The summed E-state index contributed by atoms with van der Waals surface area (Å²) in [7, 11) is 3.91. The molecule has 4 rings (SSSR count). The van der Waals surface area contributed by atoms with E-state index in [0.29, 0.717) is 12.4 Å². The average molecular weight is 329 g/mol. The predicted molar refractivity (Wildman–Crippen MR) is 103 cm³/mol. The van der Waals surface area contributed by atoms with E-state index in [0.717, 1.165) is 22.3 Å². The van der Waals surface area contributed by atoms with Gasteiger partial charge in [-0.2, -0.15) is 0 Å². The van der Waals surface area contributed by atoms with E-state index in [1.807, 2.05) is 73.6 Å². The molecular formula is C21H19N3O. The predicted octanol–water partition coefficient (Wildman–Crippen LogP) is 3.83. The summed E-state index contributed by atoms with van der Waals surface area (Å²) in [6.45, 7) is 0.534. The number of carbonyl (C=O) groups excluding carboxylic acids is 1. The highest BCUT2D eigenvalue weighted by atomic mass is 16.2. The van der Waals surface area contributed by atoms with Crippen LogP contribution < -0.4 is 4.90 Å². The van der Waals surface area contributed by atoms with E-state index in [9.17, 15) is 4.79 Å². The number of nitrogens with zero attached hydrogens (tertiary/aromatic N) is 3. The first kappa shape index (κ1) is 15.5. The summed E-state index contributed by atoms with van der Waals surface area (Å²) >= 11 is 0. The topological polar surface area (TPSA) is 35.9 Å². The number of amides is 1. The molecule has 1 aliphatic heterocycles. The molecule has 0 atom stereocenters. The van der Waals surface area contributed by atoms with Gasteiger partial charge in [-0.25, -0.2) is 4.99 Å². The zero-order valence-corrected chi connectivity index (χ0v) is 14.3. The Morgan fingerprint density at radius 3 is 2.44 bits per heavy atom. The lowest BCUT2D eigenvalue weighted by Gasteiger charge is -2.21. The van der Waals surface area contributed by atoms with Gasteiger partial charge in [0.1, 0.15) is 5.71 Å². The van der Waals surface area contributed by atoms with Crippen molar-refractivity contribution < 1.29 is 4.79 Å². The fourth-order valence-corrected chi connectivity index (χ4v) is 3.17. The molecule has 1 amide bonds. The van der Waals surface area contributed by atoms with E-state index >= 15 is 0 Å². The Morgan fingerprint density at radius 2 is 1.64 bits per heavy atom. The Kier molecular flexibility index (Phi) is 3.82. The summed E-state index contributed by atoms with van der Waals surface area (Å²) in [5, 5.41) is 2.28. The number of fused-ring (bicyclic) bond motifs is 2. The third-order valence-corrected chi connectivity index (χ3v) is 4.30. The van der Waals surface area contributed by atoms with Crippen molar-refractivity contribution in [1.82, 2.24) is 4.90 Å². The lowest BCUT2D eigenvalue weighted by molar-refractivity contribution is -0.112. The second kappa shape index (κ2) is 6.15. The van der Waals surface area contributed by atoms with Crippen LogP contribution in [-0.2, 0) is 4.79 Å². The maximum absolute atomic E-state index is 12.9. The zero-order valence-electron chi connectivity index (χ0n) is 14.3. The largest absolute Gasteiger partial charge is 0.293 e. The molecule has 1 aliphatic rings. The molecule has 3 aromatic rings. The smallest absolute Gasteiger partial charge is 0.278 e. The molecule has 0 aromatic heterocycles. The highest BCUT2D eigenvalue weighted by Gasteiger charge is 2.33. The number of anilines is 1. The number of benzene rings is 3. The summed E-state index contributed by atoms with van der Waals surface area (Å²) in [4.78, 5) is 21.4. The monoisotopic (exact) mass is 329 g/mol. The number of carbonyl (C=O) groups is 1. The third kappa shape index (κ3) is 2.81. The highest BCUT2D eigenvalue weighted by Crippen LogP contribution is 2.31. The third-order valence-electron chi connectivity index (χ3n) is 4.30. The normalized spacial score (nSPS) is 15.4. The summed E-state index contributed by atoms with van der Waals surface area (Å²) in [5.41, 5.74) is 3.11. The summed E-state index contributed by atoms with van der Waals surface area (Å²) < 4.78 is 0. The summed E-state index contributed by atoms with van der Waals surface area (Å²) in [5.74, 6) is -0.0527. The molecule has 0 radical (unpaired) electrons. The average Bonchev–Trinajstić information content (AvgIpc) is 2.87. The van der Waals surface area contributed by atoms with Gasteiger partial charge in [0.25, 0.3) is 5.91 Å². The van der Waals surface area contributed by atoms with Crippen LogP contribution in [0.1, 0.15) is 5.56 Å². The van der Waals surface area contributed by atoms with Gasteiger partial charge in [0, 0.05) is 5.56 Å². The van der Waals surface area contributed by atoms with E-state index in [-0.39, 0.29) is 5.91 Å². The SMILES string of the molecule is CN(C)CN1C(=O)C(=Nc2ccc3ccccc3c2)c2ccccc21. The Bertz CT molecular complexity index is 991. The molecule has 0 N–H and O–H groups in total. The zero-order chi connectivity index (χ0) is 17.4. The first-order chi connectivity index (χ1) is 12.1. The molecule has 0 aliphatic carbocycles. The minimum atomic E-state index is -0.0527.